The van der Waals surface area contributed by atoms with E-state index in [9.17, 15) is 19.8 Å². The molecule has 0 bridgehead atoms. The van der Waals surface area contributed by atoms with Gasteiger partial charge in [-0.3, -0.25) is 9.59 Å². The molecule has 3 atom stereocenters. The van der Waals surface area contributed by atoms with Crippen molar-refractivity contribution in [3.8, 4) is 0 Å². The Morgan fingerprint density at radius 1 is 0.625 bits per heavy atom. The third-order valence-corrected chi connectivity index (χ3v) is 6.54. The predicted octanol–water partition coefficient (Wildman–Crippen LogP) is 7.24. The van der Waals surface area contributed by atoms with Crippen LogP contribution in [-0.2, 0) is 9.59 Å². The van der Waals surface area contributed by atoms with Gasteiger partial charge in [-0.05, 0) is 12.8 Å². The summed E-state index contributed by atoms with van der Waals surface area (Å²) in [5, 5.41) is 20.4. The summed E-state index contributed by atoms with van der Waals surface area (Å²) in [7, 11) is 0. The summed E-state index contributed by atoms with van der Waals surface area (Å²) in [6.07, 6.45) is 22.6. The minimum Gasteiger partial charge on any atom is -0.393 e. The number of aliphatic hydroxyl groups is 2. The van der Waals surface area contributed by atoms with Crippen molar-refractivity contribution in [1.29, 1.82) is 0 Å². The zero-order valence-electron chi connectivity index (χ0n) is 21.3. The first-order chi connectivity index (χ1) is 15.6. The van der Waals surface area contributed by atoms with Gasteiger partial charge in [-0.1, -0.05) is 129 Å². The van der Waals surface area contributed by atoms with Crippen LogP contribution in [-0.4, -0.2) is 34.5 Å². The molecule has 0 rings (SSSR count). The second-order valence-corrected chi connectivity index (χ2v) is 9.72. The molecule has 4 nitrogen and oxygen atoms in total. The fourth-order valence-corrected chi connectivity index (χ4v) is 4.34. The molecule has 1 radical (unpaired) electrons. The zero-order valence-corrected chi connectivity index (χ0v) is 21.3. The van der Waals surface area contributed by atoms with Gasteiger partial charge in [0.25, 0.3) is 0 Å². The van der Waals surface area contributed by atoms with E-state index in [4.69, 9.17) is 0 Å². The van der Waals surface area contributed by atoms with Gasteiger partial charge < -0.3 is 10.2 Å². The number of rotatable bonds is 25. The van der Waals surface area contributed by atoms with Crippen LogP contribution in [0.1, 0.15) is 149 Å². The molecule has 0 aliphatic carbocycles. The molecule has 0 heterocycles. The third-order valence-electron chi connectivity index (χ3n) is 6.54. The molecular weight excluding hydrogens is 400 g/mol. The second kappa shape index (κ2) is 23.4. The Bertz CT molecular complexity index is 424. The third kappa shape index (κ3) is 18.8. The van der Waals surface area contributed by atoms with E-state index in [1.165, 1.54) is 83.5 Å². The topological polar surface area (TPSA) is 74.6 Å². The van der Waals surface area contributed by atoms with Crippen molar-refractivity contribution in [2.75, 3.05) is 0 Å². The van der Waals surface area contributed by atoms with Crippen molar-refractivity contribution in [3.05, 3.63) is 0 Å². The largest absolute Gasteiger partial charge is 0.393 e. The number of hydrogen-bond donors (Lipinski definition) is 2. The summed E-state index contributed by atoms with van der Waals surface area (Å²) >= 11 is 0. The molecule has 0 aromatic carbocycles. The summed E-state index contributed by atoms with van der Waals surface area (Å²) < 4.78 is 0. The average Bonchev–Trinajstić information content (AvgIpc) is 2.77. The van der Waals surface area contributed by atoms with Crippen LogP contribution in [0.3, 0.4) is 0 Å². The monoisotopic (exact) mass is 453 g/mol. The molecule has 32 heavy (non-hydrogen) atoms. The first-order valence-corrected chi connectivity index (χ1v) is 13.8. The predicted molar refractivity (Wildman–Crippen MR) is 135 cm³/mol. The summed E-state index contributed by atoms with van der Waals surface area (Å²) in [6.45, 7) is 4.45. The maximum absolute atomic E-state index is 12.4. The maximum atomic E-state index is 12.4. The number of aliphatic hydroxyl groups excluding tert-OH is 2. The quantitative estimate of drug-likeness (QED) is 0.113. The first-order valence-electron chi connectivity index (χ1n) is 13.8. The molecule has 0 spiro atoms. The highest BCUT2D eigenvalue weighted by molar-refractivity contribution is 5.94. The van der Waals surface area contributed by atoms with Crippen LogP contribution in [0.25, 0.3) is 0 Å². The Labute approximate surface area is 199 Å². The second-order valence-electron chi connectivity index (χ2n) is 9.72. The van der Waals surface area contributed by atoms with E-state index in [1.54, 1.807) is 6.29 Å². The van der Waals surface area contributed by atoms with E-state index in [0.29, 0.717) is 12.8 Å². The van der Waals surface area contributed by atoms with Crippen molar-refractivity contribution in [1.82, 2.24) is 0 Å². The zero-order chi connectivity index (χ0) is 23.9. The van der Waals surface area contributed by atoms with Crippen molar-refractivity contribution < 1.29 is 19.8 Å². The lowest BCUT2D eigenvalue weighted by Gasteiger charge is -2.18. The van der Waals surface area contributed by atoms with Crippen LogP contribution in [0, 0.1) is 5.92 Å². The van der Waals surface area contributed by atoms with Gasteiger partial charge in [0.1, 0.15) is 11.7 Å². The maximum Gasteiger partial charge on any atom is 0.212 e. The van der Waals surface area contributed by atoms with Gasteiger partial charge in [-0.2, -0.15) is 0 Å². The summed E-state index contributed by atoms with van der Waals surface area (Å²) in [4.78, 5) is 23.6. The van der Waals surface area contributed by atoms with Crippen LogP contribution < -0.4 is 0 Å². The van der Waals surface area contributed by atoms with Crippen LogP contribution >= 0.6 is 0 Å². The molecule has 0 amide bonds. The molecule has 0 saturated heterocycles. The Morgan fingerprint density at radius 2 is 1.00 bits per heavy atom. The molecule has 0 aromatic heterocycles. The summed E-state index contributed by atoms with van der Waals surface area (Å²) in [6, 6.07) is 0. The molecule has 189 valence electrons. The highest BCUT2D eigenvalue weighted by atomic mass is 16.3. The number of carbonyl (C=O) groups excluding carboxylic acids is 2. The van der Waals surface area contributed by atoms with E-state index < -0.39 is 18.1 Å². The minimum absolute atomic E-state index is 0.0499. The Morgan fingerprint density at radius 3 is 1.41 bits per heavy atom. The van der Waals surface area contributed by atoms with Crippen LogP contribution in [0.2, 0.25) is 0 Å². The van der Waals surface area contributed by atoms with Gasteiger partial charge >= 0.3 is 0 Å². The number of carbonyl (C=O) groups is 1. The van der Waals surface area contributed by atoms with Crippen molar-refractivity contribution in [3.63, 3.8) is 0 Å². The lowest BCUT2D eigenvalue weighted by molar-refractivity contribution is -0.125. The SMILES string of the molecule is CCCCCCCCCCCC(O)CC(=O)C([C]=O)C(O)CCCCCCCCCCC. The normalized spacial score (nSPS) is 14.2. The lowest BCUT2D eigenvalue weighted by Crippen LogP contribution is -2.32. The van der Waals surface area contributed by atoms with E-state index in [0.717, 1.165) is 32.1 Å². The van der Waals surface area contributed by atoms with Gasteiger partial charge in [-0.15, -0.1) is 0 Å². The van der Waals surface area contributed by atoms with Crippen molar-refractivity contribution in [2.45, 2.75) is 161 Å². The van der Waals surface area contributed by atoms with Crippen LogP contribution in [0.4, 0.5) is 0 Å². The number of Topliss-reactive ketones (excluding diaryl/α,β-unsaturated/α-hetero) is 1. The Balaban J connectivity index is 3.82. The average molecular weight is 454 g/mol. The standard InChI is InChI=1S/C28H53O4/c1-3-5-7-9-11-13-15-17-19-21-25(30)23-28(32)26(24-29)27(31)22-20-18-16-14-12-10-8-6-4-2/h25-27,30-31H,3-23H2,1-2H3. The molecule has 0 fully saturated rings. The summed E-state index contributed by atoms with van der Waals surface area (Å²) in [5.74, 6) is -1.48. The smallest absolute Gasteiger partial charge is 0.212 e. The van der Waals surface area contributed by atoms with E-state index in [-0.39, 0.29) is 12.2 Å². The molecule has 4 heteroatoms. The summed E-state index contributed by atoms with van der Waals surface area (Å²) in [5.41, 5.74) is 0. The molecule has 2 N–H and O–H groups in total. The van der Waals surface area contributed by atoms with Crippen molar-refractivity contribution >= 4 is 12.1 Å². The van der Waals surface area contributed by atoms with Gasteiger partial charge in [0.2, 0.25) is 6.29 Å². The Hall–Kier alpha value is -0.740. The number of unbranched alkanes of at least 4 members (excludes halogenated alkanes) is 16. The van der Waals surface area contributed by atoms with Gasteiger partial charge in [0, 0.05) is 6.42 Å². The van der Waals surface area contributed by atoms with E-state index in [1.807, 2.05) is 0 Å². The van der Waals surface area contributed by atoms with Crippen molar-refractivity contribution in [2.24, 2.45) is 5.92 Å². The number of hydrogen-bond acceptors (Lipinski definition) is 4. The first kappa shape index (κ1) is 31.3. The van der Waals surface area contributed by atoms with E-state index >= 15 is 0 Å². The number of ketones is 1. The van der Waals surface area contributed by atoms with E-state index in [2.05, 4.69) is 13.8 Å². The van der Waals surface area contributed by atoms with Gasteiger partial charge in [0.15, 0.2) is 0 Å². The minimum atomic E-state index is -1.11. The van der Waals surface area contributed by atoms with Gasteiger partial charge in [0.05, 0.1) is 12.2 Å². The molecular formula is C28H53O4. The Kier molecular flexibility index (Phi) is 22.9. The van der Waals surface area contributed by atoms with Crippen LogP contribution in [0.15, 0.2) is 0 Å². The molecule has 0 aliphatic rings. The molecule has 0 saturated carbocycles. The highest BCUT2D eigenvalue weighted by Crippen LogP contribution is 2.18. The van der Waals surface area contributed by atoms with Gasteiger partial charge in [-0.25, -0.2) is 0 Å². The fraction of sp³-hybridized carbons (Fsp3) is 0.929. The van der Waals surface area contributed by atoms with Crippen LogP contribution in [0.5, 0.6) is 0 Å². The molecule has 0 aromatic rings. The lowest BCUT2D eigenvalue weighted by atomic mass is 9.90. The molecule has 3 unspecified atom stereocenters. The molecule has 0 aliphatic heterocycles. The fourth-order valence-electron chi connectivity index (χ4n) is 4.34. The highest BCUT2D eigenvalue weighted by Gasteiger charge is 2.28.